The van der Waals surface area contributed by atoms with Gasteiger partial charge in [-0.2, -0.15) is 0 Å². The summed E-state index contributed by atoms with van der Waals surface area (Å²) in [6, 6.07) is 8.97. The first-order valence-corrected chi connectivity index (χ1v) is 7.96. The highest BCUT2D eigenvalue weighted by Crippen LogP contribution is 2.20. The van der Waals surface area contributed by atoms with Crippen molar-refractivity contribution in [2.75, 3.05) is 11.9 Å². The molecule has 2 rings (SSSR count). The van der Waals surface area contributed by atoms with Crippen LogP contribution in [0.15, 0.2) is 42.5 Å². The van der Waals surface area contributed by atoms with E-state index in [4.69, 9.17) is 23.2 Å². The van der Waals surface area contributed by atoms with Crippen LogP contribution in [0.25, 0.3) is 0 Å². The fraction of sp³-hybridized carbons (Fsp3) is 0.0625. The number of nitrogens with one attached hydrogen (secondary N) is 4. The zero-order chi connectivity index (χ0) is 19.1. The van der Waals surface area contributed by atoms with E-state index in [0.717, 1.165) is 0 Å². The topological polar surface area (TPSA) is 99.3 Å². The third-order valence-electron chi connectivity index (χ3n) is 3.02. The number of urea groups is 1. The van der Waals surface area contributed by atoms with Crippen LogP contribution in [-0.4, -0.2) is 24.4 Å². The number of hydrazine groups is 1. The molecule has 0 aromatic heterocycles. The monoisotopic (exact) mass is 398 g/mol. The maximum Gasteiger partial charge on any atom is 0.338 e. The maximum absolute atomic E-state index is 13.4. The molecule has 0 aliphatic rings. The molecule has 0 atom stereocenters. The number of anilines is 1. The van der Waals surface area contributed by atoms with Crippen molar-refractivity contribution in [3.63, 3.8) is 0 Å². The minimum absolute atomic E-state index is 0.0510. The van der Waals surface area contributed by atoms with Crippen LogP contribution in [0, 0.1) is 5.82 Å². The van der Waals surface area contributed by atoms with Crippen LogP contribution in [0.2, 0.25) is 10.0 Å². The zero-order valence-corrected chi connectivity index (χ0v) is 14.6. The lowest BCUT2D eigenvalue weighted by atomic mass is 10.2. The first-order chi connectivity index (χ1) is 12.4. The molecule has 10 heteroatoms. The number of hydrogen-bond donors (Lipinski definition) is 4. The molecule has 26 heavy (non-hydrogen) atoms. The molecular weight excluding hydrogens is 386 g/mol. The van der Waals surface area contributed by atoms with Gasteiger partial charge in [0.2, 0.25) is 0 Å². The van der Waals surface area contributed by atoms with Crippen LogP contribution in [0.1, 0.15) is 10.4 Å². The molecule has 0 aliphatic heterocycles. The van der Waals surface area contributed by atoms with Crippen molar-refractivity contribution in [2.45, 2.75) is 0 Å². The molecule has 0 bridgehead atoms. The second-order valence-electron chi connectivity index (χ2n) is 4.91. The number of benzene rings is 2. The molecule has 2 aromatic rings. The molecule has 2 aromatic carbocycles. The Kier molecular flexibility index (Phi) is 6.76. The molecule has 136 valence electrons. The lowest BCUT2D eigenvalue weighted by molar-refractivity contribution is -0.120. The van der Waals surface area contributed by atoms with Crippen LogP contribution in [0.3, 0.4) is 0 Å². The van der Waals surface area contributed by atoms with Crippen molar-refractivity contribution < 1.29 is 18.8 Å². The Labute approximate surface area is 157 Å². The number of carbonyl (C=O) groups is 3. The minimum atomic E-state index is -0.851. The van der Waals surface area contributed by atoms with Gasteiger partial charge in [0.05, 0.1) is 22.8 Å². The van der Waals surface area contributed by atoms with Gasteiger partial charge in [0.1, 0.15) is 5.82 Å². The first-order valence-electron chi connectivity index (χ1n) is 7.20. The summed E-state index contributed by atoms with van der Waals surface area (Å²) >= 11 is 11.6. The Balaban J connectivity index is 1.77. The minimum Gasteiger partial charge on any atom is -0.343 e. The van der Waals surface area contributed by atoms with E-state index >= 15 is 0 Å². The Morgan fingerprint density at radius 3 is 2.42 bits per heavy atom. The van der Waals surface area contributed by atoms with Crippen molar-refractivity contribution in [1.29, 1.82) is 0 Å². The van der Waals surface area contributed by atoms with Gasteiger partial charge >= 0.3 is 6.03 Å². The average molecular weight is 399 g/mol. The molecule has 0 radical (unpaired) electrons. The van der Waals surface area contributed by atoms with Gasteiger partial charge < -0.3 is 10.6 Å². The Morgan fingerprint density at radius 1 is 1.00 bits per heavy atom. The molecular formula is C16H13Cl2FN4O3. The van der Waals surface area contributed by atoms with Crippen LogP contribution >= 0.6 is 23.2 Å². The summed E-state index contributed by atoms with van der Waals surface area (Å²) in [5.41, 5.74) is 4.19. The van der Waals surface area contributed by atoms with Crippen molar-refractivity contribution in [1.82, 2.24) is 16.2 Å². The molecule has 7 nitrogen and oxygen atoms in total. The highest BCUT2D eigenvalue weighted by molar-refractivity contribution is 6.36. The van der Waals surface area contributed by atoms with Crippen LogP contribution < -0.4 is 21.5 Å². The van der Waals surface area contributed by atoms with Gasteiger partial charge in [0, 0.05) is 5.02 Å². The van der Waals surface area contributed by atoms with Gasteiger partial charge in [-0.15, -0.1) is 0 Å². The van der Waals surface area contributed by atoms with E-state index in [0.29, 0.717) is 5.02 Å². The van der Waals surface area contributed by atoms with Gasteiger partial charge in [0.15, 0.2) is 0 Å². The molecule has 0 heterocycles. The average Bonchev–Trinajstić information content (AvgIpc) is 2.60. The van der Waals surface area contributed by atoms with Crippen LogP contribution in [0.5, 0.6) is 0 Å². The summed E-state index contributed by atoms with van der Waals surface area (Å²) in [6.45, 7) is -0.419. The summed E-state index contributed by atoms with van der Waals surface area (Å²) in [7, 11) is 0. The van der Waals surface area contributed by atoms with Gasteiger partial charge in [-0.3, -0.25) is 15.0 Å². The maximum atomic E-state index is 13.4. The number of halogens is 3. The van der Waals surface area contributed by atoms with E-state index in [2.05, 4.69) is 16.1 Å². The summed E-state index contributed by atoms with van der Waals surface area (Å²) in [6.07, 6.45) is 0. The standard InChI is InChI=1S/C16H13Cl2FN4O3/c17-9-5-6-10(11(18)7-9)15(25)20-8-14(24)22-23-16(26)21-13-4-2-1-3-12(13)19/h1-7H,8H2,(H,20,25)(H,22,24)(H2,21,23,26). The van der Waals surface area contributed by atoms with Gasteiger partial charge in [0.25, 0.3) is 11.8 Å². The Hall–Kier alpha value is -2.84. The molecule has 0 unspecified atom stereocenters. The summed E-state index contributed by atoms with van der Waals surface area (Å²) in [5, 5.41) is 5.05. The van der Waals surface area contributed by atoms with E-state index in [1.165, 1.54) is 42.5 Å². The second kappa shape index (κ2) is 9.02. The van der Waals surface area contributed by atoms with E-state index in [1.807, 2.05) is 5.43 Å². The van der Waals surface area contributed by atoms with Crippen LogP contribution in [-0.2, 0) is 4.79 Å². The quantitative estimate of drug-likeness (QED) is 0.595. The molecule has 0 aliphatic carbocycles. The third kappa shape index (κ3) is 5.61. The second-order valence-corrected chi connectivity index (χ2v) is 5.76. The lowest BCUT2D eigenvalue weighted by Gasteiger charge is -2.10. The van der Waals surface area contributed by atoms with Gasteiger partial charge in [-0.25, -0.2) is 14.6 Å². The van der Waals surface area contributed by atoms with Crippen molar-refractivity contribution in [2.24, 2.45) is 0 Å². The fourth-order valence-corrected chi connectivity index (χ4v) is 2.31. The number of para-hydroxylation sites is 1. The molecule has 4 amide bonds. The zero-order valence-electron chi connectivity index (χ0n) is 13.1. The van der Waals surface area contributed by atoms with E-state index in [9.17, 15) is 18.8 Å². The fourth-order valence-electron chi connectivity index (χ4n) is 1.82. The Bertz CT molecular complexity index is 848. The molecule has 4 N–H and O–H groups in total. The molecule has 0 saturated heterocycles. The number of hydrogen-bond acceptors (Lipinski definition) is 3. The smallest absolute Gasteiger partial charge is 0.338 e. The van der Waals surface area contributed by atoms with Crippen molar-refractivity contribution >= 4 is 46.7 Å². The third-order valence-corrected chi connectivity index (χ3v) is 3.57. The molecule has 0 spiro atoms. The van der Waals surface area contributed by atoms with Crippen LogP contribution in [0.4, 0.5) is 14.9 Å². The van der Waals surface area contributed by atoms with E-state index in [1.54, 1.807) is 0 Å². The highest BCUT2D eigenvalue weighted by atomic mass is 35.5. The van der Waals surface area contributed by atoms with Crippen molar-refractivity contribution in [3.8, 4) is 0 Å². The number of carbonyl (C=O) groups excluding carboxylic acids is 3. The lowest BCUT2D eigenvalue weighted by Crippen LogP contribution is -2.47. The summed E-state index contributed by atoms with van der Waals surface area (Å²) in [4.78, 5) is 35.2. The number of rotatable bonds is 4. The molecule has 0 saturated carbocycles. The Morgan fingerprint density at radius 2 is 1.73 bits per heavy atom. The normalized spacial score (nSPS) is 9.96. The summed E-state index contributed by atoms with van der Waals surface area (Å²) < 4.78 is 13.4. The predicted octanol–water partition coefficient (Wildman–Crippen LogP) is 2.72. The van der Waals surface area contributed by atoms with Gasteiger partial charge in [-0.05, 0) is 30.3 Å². The molecule has 0 fully saturated rings. The van der Waals surface area contributed by atoms with E-state index < -0.39 is 30.2 Å². The van der Waals surface area contributed by atoms with E-state index in [-0.39, 0.29) is 16.3 Å². The largest absolute Gasteiger partial charge is 0.343 e. The predicted molar refractivity (Wildman–Crippen MR) is 95.5 cm³/mol. The van der Waals surface area contributed by atoms with Gasteiger partial charge in [-0.1, -0.05) is 35.3 Å². The summed E-state index contributed by atoms with van der Waals surface area (Å²) in [5.74, 6) is -1.91. The highest BCUT2D eigenvalue weighted by Gasteiger charge is 2.12. The number of amides is 4. The SMILES string of the molecule is O=C(CNC(=O)c1ccc(Cl)cc1Cl)NNC(=O)Nc1ccccc1F. The van der Waals surface area contributed by atoms with Crippen molar-refractivity contribution in [3.05, 3.63) is 63.9 Å². The first kappa shape index (κ1) is 19.5.